The predicted molar refractivity (Wildman–Crippen MR) is 60.0 cm³/mol. The van der Waals surface area contributed by atoms with Gasteiger partial charge in [-0.05, 0) is 6.42 Å². The van der Waals surface area contributed by atoms with Crippen molar-refractivity contribution in [2.45, 2.75) is 25.5 Å². The summed E-state index contributed by atoms with van der Waals surface area (Å²) < 4.78 is 0. The summed E-state index contributed by atoms with van der Waals surface area (Å²) in [6.45, 7) is 4.51. The molecule has 0 fully saturated rings. The highest BCUT2D eigenvalue weighted by Gasteiger charge is 2.22. The lowest BCUT2D eigenvalue weighted by atomic mass is 10.0. The van der Waals surface area contributed by atoms with Crippen molar-refractivity contribution < 1.29 is 9.90 Å². The number of carboxylic acids is 1. The quantitative estimate of drug-likeness (QED) is 0.509. The summed E-state index contributed by atoms with van der Waals surface area (Å²) in [6, 6.07) is 0. The van der Waals surface area contributed by atoms with E-state index in [4.69, 9.17) is 10.8 Å². The largest absolute Gasteiger partial charge is 0.481 e. The third-order valence-corrected chi connectivity index (χ3v) is 4.73. The molecule has 5 heteroatoms. The van der Waals surface area contributed by atoms with Crippen LogP contribution in [0.1, 0.15) is 20.3 Å². The van der Waals surface area contributed by atoms with Gasteiger partial charge < -0.3 is 10.8 Å². The summed E-state index contributed by atoms with van der Waals surface area (Å²) in [7, 11) is 3.27. The molecule has 0 aliphatic heterocycles. The fourth-order valence-electron chi connectivity index (χ4n) is 0.978. The lowest BCUT2D eigenvalue weighted by Gasteiger charge is -2.16. The Morgan fingerprint density at radius 2 is 2.23 bits per heavy atom. The van der Waals surface area contributed by atoms with Crippen LogP contribution in [0, 0.1) is 5.92 Å². The Kier molecular flexibility index (Phi) is 7.60. The molecule has 0 saturated heterocycles. The van der Waals surface area contributed by atoms with E-state index in [-0.39, 0.29) is 11.2 Å². The minimum Gasteiger partial charge on any atom is -0.481 e. The highest BCUT2D eigenvalue weighted by molar-refractivity contribution is 8.76. The zero-order valence-corrected chi connectivity index (χ0v) is 9.66. The van der Waals surface area contributed by atoms with Crippen molar-refractivity contribution in [1.29, 1.82) is 0 Å². The standard InChI is InChI=1S/C8H17NO2S2/c1-3-7(8(10)11)6(2)13-12-5-4-9/h6-7H,3-5,9H2,1-2H3,(H,10,11). The Hall–Kier alpha value is 0.130. The van der Waals surface area contributed by atoms with Gasteiger partial charge in [0.15, 0.2) is 0 Å². The van der Waals surface area contributed by atoms with E-state index in [2.05, 4.69) is 0 Å². The molecule has 0 aromatic heterocycles. The first-order valence-electron chi connectivity index (χ1n) is 4.34. The van der Waals surface area contributed by atoms with Crippen molar-refractivity contribution in [1.82, 2.24) is 0 Å². The Morgan fingerprint density at radius 1 is 1.62 bits per heavy atom. The molecule has 0 bridgehead atoms. The first-order chi connectivity index (χ1) is 6.13. The molecule has 0 spiro atoms. The molecule has 3 N–H and O–H groups in total. The van der Waals surface area contributed by atoms with Crippen LogP contribution in [0.15, 0.2) is 0 Å². The SMILES string of the molecule is CCC(C(=O)O)C(C)SSCCN. The predicted octanol–water partition coefficient (Wildman–Crippen LogP) is 1.83. The Bertz CT molecular complexity index is 155. The second-order valence-corrected chi connectivity index (χ2v) is 5.63. The van der Waals surface area contributed by atoms with Crippen molar-refractivity contribution in [3.8, 4) is 0 Å². The van der Waals surface area contributed by atoms with Crippen LogP contribution in [0.3, 0.4) is 0 Å². The number of carboxylic acid groups (broad SMARTS) is 1. The average molecular weight is 223 g/mol. The van der Waals surface area contributed by atoms with Gasteiger partial charge >= 0.3 is 5.97 Å². The van der Waals surface area contributed by atoms with Crippen LogP contribution in [0.5, 0.6) is 0 Å². The molecule has 13 heavy (non-hydrogen) atoms. The monoisotopic (exact) mass is 223 g/mol. The van der Waals surface area contributed by atoms with Crippen LogP contribution in [-0.4, -0.2) is 28.6 Å². The average Bonchev–Trinajstić information content (AvgIpc) is 2.05. The zero-order chi connectivity index (χ0) is 10.3. The molecule has 2 atom stereocenters. The topological polar surface area (TPSA) is 63.3 Å². The molecule has 2 unspecified atom stereocenters. The molecule has 78 valence electrons. The normalized spacial score (nSPS) is 15.3. The van der Waals surface area contributed by atoms with Gasteiger partial charge in [0, 0.05) is 17.5 Å². The molecule has 0 rings (SSSR count). The molecule has 0 aliphatic rings. The highest BCUT2D eigenvalue weighted by atomic mass is 33.1. The van der Waals surface area contributed by atoms with Crippen molar-refractivity contribution >= 4 is 27.6 Å². The van der Waals surface area contributed by atoms with Crippen LogP contribution in [-0.2, 0) is 4.79 Å². The van der Waals surface area contributed by atoms with E-state index in [1.807, 2.05) is 13.8 Å². The van der Waals surface area contributed by atoms with Crippen LogP contribution in [0.2, 0.25) is 0 Å². The van der Waals surface area contributed by atoms with E-state index in [1.54, 1.807) is 21.6 Å². The summed E-state index contributed by atoms with van der Waals surface area (Å²) in [4.78, 5) is 10.8. The van der Waals surface area contributed by atoms with Crippen molar-refractivity contribution in [3.63, 3.8) is 0 Å². The summed E-state index contributed by atoms with van der Waals surface area (Å²) in [5.41, 5.74) is 5.33. The van der Waals surface area contributed by atoms with Gasteiger partial charge in [0.2, 0.25) is 0 Å². The summed E-state index contributed by atoms with van der Waals surface area (Å²) >= 11 is 0. The van der Waals surface area contributed by atoms with Crippen molar-refractivity contribution in [2.24, 2.45) is 11.7 Å². The van der Waals surface area contributed by atoms with Crippen molar-refractivity contribution in [2.75, 3.05) is 12.3 Å². The van der Waals surface area contributed by atoms with Gasteiger partial charge in [-0.1, -0.05) is 35.4 Å². The highest BCUT2D eigenvalue weighted by Crippen LogP contribution is 2.31. The molecule has 0 aromatic carbocycles. The first kappa shape index (κ1) is 13.1. The van der Waals surface area contributed by atoms with Gasteiger partial charge in [0.05, 0.1) is 5.92 Å². The fraction of sp³-hybridized carbons (Fsp3) is 0.875. The van der Waals surface area contributed by atoms with Gasteiger partial charge in [0.25, 0.3) is 0 Å². The summed E-state index contributed by atoms with van der Waals surface area (Å²) in [6.07, 6.45) is 0.687. The Labute approximate surface area is 87.2 Å². The number of carbonyl (C=O) groups is 1. The number of hydrogen-bond donors (Lipinski definition) is 2. The van der Waals surface area contributed by atoms with Crippen LogP contribution in [0.25, 0.3) is 0 Å². The van der Waals surface area contributed by atoms with Gasteiger partial charge in [-0.2, -0.15) is 0 Å². The maximum atomic E-state index is 10.8. The number of nitrogens with two attached hydrogens (primary N) is 1. The Balaban J connectivity index is 3.77. The van der Waals surface area contributed by atoms with Gasteiger partial charge in [-0.15, -0.1) is 0 Å². The maximum absolute atomic E-state index is 10.8. The van der Waals surface area contributed by atoms with E-state index in [0.717, 1.165) is 5.75 Å². The van der Waals surface area contributed by atoms with Gasteiger partial charge in [-0.25, -0.2) is 0 Å². The second kappa shape index (κ2) is 7.53. The number of rotatable bonds is 7. The molecule has 0 heterocycles. The Morgan fingerprint density at radius 3 is 2.62 bits per heavy atom. The third kappa shape index (κ3) is 5.44. The molecule has 0 radical (unpaired) electrons. The van der Waals surface area contributed by atoms with Crippen molar-refractivity contribution in [3.05, 3.63) is 0 Å². The summed E-state index contributed by atoms with van der Waals surface area (Å²) in [5, 5.41) is 9.00. The minimum atomic E-state index is -0.698. The molecular formula is C8H17NO2S2. The number of aliphatic carboxylic acids is 1. The minimum absolute atomic E-state index is 0.152. The van der Waals surface area contributed by atoms with Crippen LogP contribution < -0.4 is 5.73 Å². The van der Waals surface area contributed by atoms with E-state index >= 15 is 0 Å². The van der Waals surface area contributed by atoms with E-state index < -0.39 is 5.97 Å². The van der Waals surface area contributed by atoms with Gasteiger partial charge in [-0.3, -0.25) is 4.79 Å². The molecular weight excluding hydrogens is 206 g/mol. The summed E-state index contributed by atoms with van der Waals surface area (Å²) in [5.74, 6) is -0.0588. The van der Waals surface area contributed by atoms with Crippen LogP contribution in [0.4, 0.5) is 0 Å². The molecule has 0 amide bonds. The lowest BCUT2D eigenvalue weighted by Crippen LogP contribution is -2.22. The first-order valence-corrected chi connectivity index (χ1v) is 6.72. The van der Waals surface area contributed by atoms with E-state index in [9.17, 15) is 4.79 Å². The molecule has 3 nitrogen and oxygen atoms in total. The van der Waals surface area contributed by atoms with E-state index in [1.165, 1.54) is 0 Å². The zero-order valence-electron chi connectivity index (χ0n) is 8.03. The van der Waals surface area contributed by atoms with Gasteiger partial charge in [0.1, 0.15) is 0 Å². The fourth-order valence-corrected chi connectivity index (χ4v) is 3.45. The molecule has 0 aliphatic carbocycles. The van der Waals surface area contributed by atoms with E-state index in [0.29, 0.717) is 13.0 Å². The lowest BCUT2D eigenvalue weighted by molar-refractivity contribution is -0.141. The van der Waals surface area contributed by atoms with Crippen LogP contribution >= 0.6 is 21.6 Å². The third-order valence-electron chi connectivity index (χ3n) is 1.74. The smallest absolute Gasteiger partial charge is 0.307 e. The maximum Gasteiger partial charge on any atom is 0.307 e. The molecule has 0 saturated carbocycles. The second-order valence-electron chi connectivity index (χ2n) is 2.76. The number of hydrogen-bond acceptors (Lipinski definition) is 4. The molecule has 0 aromatic rings.